The van der Waals surface area contributed by atoms with Crippen LogP contribution in [0.5, 0.6) is 0 Å². The number of fused-ring (bicyclic) bond motifs is 5. The summed E-state index contributed by atoms with van der Waals surface area (Å²) in [5, 5.41) is 12.0. The van der Waals surface area contributed by atoms with E-state index in [1.54, 1.807) is 17.6 Å². The minimum Gasteiger partial charge on any atom is -0.458 e. The van der Waals surface area contributed by atoms with Crippen molar-refractivity contribution in [2.45, 2.75) is 57.9 Å². The molecule has 31 heavy (non-hydrogen) atoms. The molecule has 2 atom stereocenters. The van der Waals surface area contributed by atoms with Crippen LogP contribution in [0.25, 0.3) is 22.3 Å². The number of benzene rings is 1. The van der Waals surface area contributed by atoms with E-state index in [0.717, 1.165) is 34.9 Å². The Morgan fingerprint density at radius 3 is 2.84 bits per heavy atom. The van der Waals surface area contributed by atoms with E-state index < -0.39 is 11.6 Å². The highest BCUT2D eigenvalue weighted by molar-refractivity contribution is 5.88. The Kier molecular flexibility index (Phi) is 4.50. The van der Waals surface area contributed by atoms with Crippen LogP contribution in [0.4, 0.5) is 0 Å². The molecule has 0 aliphatic carbocycles. The van der Waals surface area contributed by atoms with Crippen molar-refractivity contribution in [1.82, 2.24) is 9.55 Å². The third-order valence-electron chi connectivity index (χ3n) is 6.57. The molecule has 7 nitrogen and oxygen atoms in total. The SMILES string of the molecule is CCCC(N)c1cccc2cc3c(nc12)-c1cc2c(c(=O)n1C3)COC(=O)[C@]2(O)CC. The quantitative estimate of drug-likeness (QED) is 0.493. The Balaban J connectivity index is 1.75. The number of carbonyl (C=O) groups excluding carboxylic acids is 1. The van der Waals surface area contributed by atoms with Gasteiger partial charge in [-0.3, -0.25) is 4.79 Å². The normalized spacial score (nSPS) is 20.2. The second kappa shape index (κ2) is 7.00. The van der Waals surface area contributed by atoms with E-state index in [0.29, 0.717) is 29.1 Å². The Bertz CT molecular complexity index is 1300. The fourth-order valence-corrected chi connectivity index (χ4v) is 4.80. The number of nitrogens with zero attached hydrogens (tertiary/aromatic N) is 2. The van der Waals surface area contributed by atoms with Gasteiger partial charge in [-0.15, -0.1) is 0 Å². The third-order valence-corrected chi connectivity index (χ3v) is 6.57. The van der Waals surface area contributed by atoms with Crippen molar-refractivity contribution in [3.05, 3.63) is 62.9 Å². The van der Waals surface area contributed by atoms with Crippen molar-refractivity contribution in [2.75, 3.05) is 0 Å². The van der Waals surface area contributed by atoms with Crippen molar-refractivity contribution < 1.29 is 14.6 Å². The van der Waals surface area contributed by atoms with Gasteiger partial charge < -0.3 is 20.1 Å². The second-order valence-electron chi connectivity index (χ2n) is 8.41. The third kappa shape index (κ3) is 2.77. The summed E-state index contributed by atoms with van der Waals surface area (Å²) in [4.78, 5) is 30.5. The minimum atomic E-state index is -1.82. The van der Waals surface area contributed by atoms with Crippen molar-refractivity contribution in [1.29, 1.82) is 0 Å². The van der Waals surface area contributed by atoms with Gasteiger partial charge in [0.2, 0.25) is 0 Å². The van der Waals surface area contributed by atoms with Crippen LogP contribution >= 0.6 is 0 Å². The molecular weight excluding hydrogens is 394 g/mol. The number of esters is 1. The zero-order chi connectivity index (χ0) is 21.9. The largest absolute Gasteiger partial charge is 0.458 e. The van der Waals surface area contributed by atoms with Gasteiger partial charge >= 0.3 is 5.97 Å². The lowest BCUT2D eigenvalue weighted by Gasteiger charge is -2.31. The summed E-state index contributed by atoms with van der Waals surface area (Å²) >= 11 is 0. The molecule has 5 rings (SSSR count). The maximum absolute atomic E-state index is 13.3. The van der Waals surface area contributed by atoms with Crippen LogP contribution in [0.1, 0.15) is 61.4 Å². The average Bonchev–Trinajstić information content (AvgIpc) is 3.13. The Morgan fingerprint density at radius 2 is 2.10 bits per heavy atom. The fourth-order valence-electron chi connectivity index (χ4n) is 4.80. The zero-order valence-electron chi connectivity index (χ0n) is 17.6. The van der Waals surface area contributed by atoms with Crippen molar-refractivity contribution in [3.8, 4) is 11.4 Å². The Morgan fingerprint density at radius 1 is 1.29 bits per heavy atom. The van der Waals surface area contributed by atoms with Gasteiger partial charge in [0, 0.05) is 22.6 Å². The molecule has 4 heterocycles. The van der Waals surface area contributed by atoms with Crippen LogP contribution in [0.3, 0.4) is 0 Å². The first-order valence-corrected chi connectivity index (χ1v) is 10.7. The maximum atomic E-state index is 13.3. The number of rotatable bonds is 4. The van der Waals surface area contributed by atoms with E-state index in [4.69, 9.17) is 15.5 Å². The van der Waals surface area contributed by atoms with E-state index in [9.17, 15) is 14.7 Å². The van der Waals surface area contributed by atoms with Gasteiger partial charge in [-0.2, -0.15) is 0 Å². The van der Waals surface area contributed by atoms with Gasteiger partial charge in [0.1, 0.15) is 6.61 Å². The number of aliphatic hydroxyl groups is 1. The number of nitrogens with two attached hydrogens (primary N) is 1. The van der Waals surface area contributed by atoms with Gasteiger partial charge in [0.05, 0.1) is 29.0 Å². The summed E-state index contributed by atoms with van der Waals surface area (Å²) in [6, 6.07) is 9.66. The van der Waals surface area contributed by atoms with Gasteiger partial charge in [0.25, 0.3) is 5.56 Å². The molecule has 1 unspecified atom stereocenters. The zero-order valence-corrected chi connectivity index (χ0v) is 17.6. The molecule has 0 saturated heterocycles. The molecule has 0 radical (unpaired) electrons. The highest BCUT2D eigenvalue weighted by atomic mass is 16.6. The maximum Gasteiger partial charge on any atom is 0.343 e. The molecule has 2 aliphatic rings. The molecule has 0 saturated carbocycles. The van der Waals surface area contributed by atoms with Gasteiger partial charge in [-0.05, 0) is 30.5 Å². The highest BCUT2D eigenvalue weighted by Gasteiger charge is 2.45. The highest BCUT2D eigenvalue weighted by Crippen LogP contribution is 2.39. The van der Waals surface area contributed by atoms with Crippen LogP contribution in [0, 0.1) is 0 Å². The van der Waals surface area contributed by atoms with Crippen molar-refractivity contribution >= 4 is 16.9 Å². The van der Waals surface area contributed by atoms with Gasteiger partial charge in [-0.25, -0.2) is 9.78 Å². The minimum absolute atomic E-state index is 0.119. The number of para-hydroxylation sites is 1. The monoisotopic (exact) mass is 419 g/mol. The molecule has 2 aromatic heterocycles. The van der Waals surface area contributed by atoms with Crippen LogP contribution in [0.2, 0.25) is 0 Å². The summed E-state index contributed by atoms with van der Waals surface area (Å²) in [7, 11) is 0. The van der Waals surface area contributed by atoms with E-state index in [1.807, 2.05) is 18.2 Å². The number of aromatic nitrogens is 2. The number of cyclic esters (lactones) is 1. The molecule has 0 spiro atoms. The summed E-state index contributed by atoms with van der Waals surface area (Å²) in [5.74, 6) is -0.718. The molecule has 160 valence electrons. The van der Waals surface area contributed by atoms with Crippen LogP contribution < -0.4 is 11.3 Å². The molecule has 0 fully saturated rings. The first kappa shape index (κ1) is 19.9. The predicted octanol–water partition coefficient (Wildman–Crippen LogP) is 2.88. The Hall–Kier alpha value is -3.03. The average molecular weight is 419 g/mol. The van der Waals surface area contributed by atoms with Crippen LogP contribution in [0.15, 0.2) is 35.1 Å². The van der Waals surface area contributed by atoms with Crippen LogP contribution in [-0.4, -0.2) is 20.6 Å². The first-order valence-electron chi connectivity index (χ1n) is 10.7. The fraction of sp³-hybridized carbons (Fsp3) is 0.375. The molecule has 0 amide bonds. The Labute approximate surface area is 179 Å². The lowest BCUT2D eigenvalue weighted by molar-refractivity contribution is -0.172. The lowest BCUT2D eigenvalue weighted by atomic mass is 9.86. The molecule has 1 aromatic carbocycles. The van der Waals surface area contributed by atoms with E-state index in [2.05, 4.69) is 13.0 Å². The number of ether oxygens (including phenoxy) is 1. The molecule has 3 aromatic rings. The van der Waals surface area contributed by atoms with Crippen LogP contribution in [-0.2, 0) is 28.3 Å². The van der Waals surface area contributed by atoms with Crippen molar-refractivity contribution in [2.24, 2.45) is 5.73 Å². The smallest absolute Gasteiger partial charge is 0.343 e. The van der Waals surface area contributed by atoms with Gasteiger partial charge in [0.15, 0.2) is 5.60 Å². The van der Waals surface area contributed by atoms with E-state index in [1.165, 1.54) is 0 Å². The summed E-state index contributed by atoms with van der Waals surface area (Å²) in [6.07, 6.45) is 1.95. The topological polar surface area (TPSA) is 107 Å². The molecule has 3 N–H and O–H groups in total. The molecule has 2 aliphatic heterocycles. The number of carbonyl (C=O) groups is 1. The summed E-state index contributed by atoms with van der Waals surface area (Å²) in [5.41, 5.74) is 9.04. The van der Waals surface area contributed by atoms with E-state index >= 15 is 0 Å². The van der Waals surface area contributed by atoms with Crippen molar-refractivity contribution in [3.63, 3.8) is 0 Å². The molecule has 7 heteroatoms. The standard InChI is InChI=1S/C24H25N3O4/c1-3-6-18(25)15-8-5-7-13-9-14-11-27-19(21(14)26-20(13)15)10-17-16(22(27)28)12-31-23(29)24(17,30)4-2/h5,7-10,18,30H,3-4,6,11-12,25H2,1-2H3/t18?,24-/m0/s1. The number of pyridine rings is 2. The molecule has 0 bridgehead atoms. The summed E-state index contributed by atoms with van der Waals surface area (Å²) < 4.78 is 6.77. The molecular formula is C24H25N3O4. The number of hydrogen-bond acceptors (Lipinski definition) is 6. The van der Waals surface area contributed by atoms with Gasteiger partial charge in [-0.1, -0.05) is 38.5 Å². The van der Waals surface area contributed by atoms with E-state index in [-0.39, 0.29) is 24.6 Å². The summed E-state index contributed by atoms with van der Waals surface area (Å²) in [6.45, 7) is 4.06. The second-order valence-corrected chi connectivity index (χ2v) is 8.41. The lowest BCUT2D eigenvalue weighted by Crippen LogP contribution is -2.44. The predicted molar refractivity (Wildman–Crippen MR) is 116 cm³/mol. The number of hydrogen-bond donors (Lipinski definition) is 2. The first-order chi connectivity index (χ1) is 14.9.